The number of aryl methyl sites for hydroxylation is 1. The molecule has 2 aromatic rings. The molecule has 3 rings (SSSR count). The van der Waals surface area contributed by atoms with E-state index >= 15 is 0 Å². The lowest BCUT2D eigenvalue weighted by Crippen LogP contribution is -2.41. The van der Waals surface area contributed by atoms with Crippen LogP contribution in [0.3, 0.4) is 0 Å². The van der Waals surface area contributed by atoms with Crippen LogP contribution in [0, 0.1) is 18.7 Å². The van der Waals surface area contributed by atoms with Gasteiger partial charge in [-0.3, -0.25) is 9.69 Å². The number of benzene rings is 2. The number of likely N-dealkylation sites (tertiary alicyclic amines) is 1. The van der Waals surface area contributed by atoms with Gasteiger partial charge < -0.3 is 5.11 Å². The summed E-state index contributed by atoms with van der Waals surface area (Å²) in [5.74, 6) is -1.34. The summed E-state index contributed by atoms with van der Waals surface area (Å²) in [6, 6.07) is 14.8. The van der Waals surface area contributed by atoms with E-state index in [0.29, 0.717) is 6.54 Å². The summed E-state index contributed by atoms with van der Waals surface area (Å²) in [5, 5.41) is 9.38. The molecular formula is C20H22FNO2. The smallest absolute Gasteiger partial charge is 0.307 e. The van der Waals surface area contributed by atoms with Crippen LogP contribution in [0.15, 0.2) is 48.5 Å². The van der Waals surface area contributed by atoms with Crippen LogP contribution in [0.4, 0.5) is 4.39 Å². The molecular weight excluding hydrogens is 305 g/mol. The Labute approximate surface area is 141 Å². The summed E-state index contributed by atoms with van der Waals surface area (Å²) >= 11 is 0. The first-order valence-electron chi connectivity index (χ1n) is 8.33. The normalized spacial score (nSPS) is 19.8. The SMILES string of the molecule is Cc1ccc(C(c2ccc(F)cc2)N2CCCC(C(=O)O)C2)cc1. The molecule has 1 fully saturated rings. The zero-order valence-corrected chi connectivity index (χ0v) is 13.8. The first-order valence-corrected chi connectivity index (χ1v) is 8.33. The fourth-order valence-corrected chi connectivity index (χ4v) is 3.45. The molecule has 0 saturated carbocycles. The van der Waals surface area contributed by atoms with Gasteiger partial charge in [0.1, 0.15) is 5.82 Å². The minimum absolute atomic E-state index is 0.0478. The maximum atomic E-state index is 13.3. The number of hydrogen-bond donors (Lipinski definition) is 1. The molecule has 0 radical (unpaired) electrons. The Morgan fingerprint density at radius 3 is 2.29 bits per heavy atom. The standard InChI is InChI=1S/C20H22FNO2/c1-14-4-6-15(7-5-14)19(16-8-10-18(21)11-9-16)22-12-2-3-17(13-22)20(23)24/h4-11,17,19H,2-3,12-13H2,1H3,(H,23,24). The lowest BCUT2D eigenvalue weighted by Gasteiger charge is -2.37. The summed E-state index contributed by atoms with van der Waals surface area (Å²) in [6.45, 7) is 3.41. The second-order valence-electron chi connectivity index (χ2n) is 6.54. The van der Waals surface area contributed by atoms with Crippen molar-refractivity contribution < 1.29 is 14.3 Å². The highest BCUT2D eigenvalue weighted by Crippen LogP contribution is 2.33. The Morgan fingerprint density at radius 2 is 1.71 bits per heavy atom. The highest BCUT2D eigenvalue weighted by molar-refractivity contribution is 5.70. The Balaban J connectivity index is 1.96. The first-order chi connectivity index (χ1) is 11.5. The van der Waals surface area contributed by atoms with Crippen LogP contribution in [0.5, 0.6) is 0 Å². The van der Waals surface area contributed by atoms with Crippen LogP contribution in [0.2, 0.25) is 0 Å². The van der Waals surface area contributed by atoms with E-state index in [1.54, 1.807) is 12.1 Å². The third-order valence-electron chi connectivity index (χ3n) is 4.75. The van der Waals surface area contributed by atoms with E-state index in [1.165, 1.54) is 17.7 Å². The van der Waals surface area contributed by atoms with Gasteiger partial charge in [-0.1, -0.05) is 42.0 Å². The van der Waals surface area contributed by atoms with Gasteiger partial charge in [-0.05, 0) is 49.6 Å². The monoisotopic (exact) mass is 327 g/mol. The lowest BCUT2D eigenvalue weighted by atomic mass is 9.91. The highest BCUT2D eigenvalue weighted by Gasteiger charge is 2.31. The van der Waals surface area contributed by atoms with Crippen molar-refractivity contribution in [3.8, 4) is 0 Å². The number of aliphatic carboxylic acids is 1. The molecule has 0 amide bonds. The second kappa shape index (κ2) is 7.14. The molecule has 2 unspecified atom stereocenters. The van der Waals surface area contributed by atoms with Gasteiger partial charge in [0.25, 0.3) is 0 Å². The maximum absolute atomic E-state index is 13.3. The Kier molecular flexibility index (Phi) is 4.95. The van der Waals surface area contributed by atoms with Gasteiger partial charge in [-0.25, -0.2) is 4.39 Å². The Morgan fingerprint density at radius 1 is 1.12 bits per heavy atom. The lowest BCUT2D eigenvalue weighted by molar-refractivity contribution is -0.143. The summed E-state index contributed by atoms with van der Waals surface area (Å²) in [6.07, 6.45) is 1.58. The zero-order chi connectivity index (χ0) is 17.1. The molecule has 0 bridgehead atoms. The quantitative estimate of drug-likeness (QED) is 0.922. The van der Waals surface area contributed by atoms with Crippen LogP contribution in [0.25, 0.3) is 0 Å². The van der Waals surface area contributed by atoms with Gasteiger partial charge in [0, 0.05) is 6.54 Å². The van der Waals surface area contributed by atoms with Crippen LogP contribution in [-0.4, -0.2) is 29.1 Å². The number of carboxylic acids is 1. The van der Waals surface area contributed by atoms with Crippen molar-refractivity contribution in [2.45, 2.75) is 25.8 Å². The topological polar surface area (TPSA) is 40.5 Å². The Hall–Kier alpha value is -2.20. The van der Waals surface area contributed by atoms with E-state index in [0.717, 1.165) is 30.5 Å². The van der Waals surface area contributed by atoms with Gasteiger partial charge in [-0.2, -0.15) is 0 Å². The third-order valence-corrected chi connectivity index (χ3v) is 4.75. The molecule has 2 atom stereocenters. The fraction of sp³-hybridized carbons (Fsp3) is 0.350. The summed E-state index contributed by atoms with van der Waals surface area (Å²) in [4.78, 5) is 13.6. The van der Waals surface area contributed by atoms with Gasteiger partial charge in [0.05, 0.1) is 12.0 Å². The fourth-order valence-electron chi connectivity index (χ4n) is 3.45. The van der Waals surface area contributed by atoms with Crippen molar-refractivity contribution in [3.63, 3.8) is 0 Å². The molecule has 1 heterocycles. The van der Waals surface area contributed by atoms with Crippen molar-refractivity contribution in [2.24, 2.45) is 5.92 Å². The predicted molar refractivity (Wildman–Crippen MR) is 91.4 cm³/mol. The molecule has 4 heteroatoms. The van der Waals surface area contributed by atoms with Gasteiger partial charge >= 0.3 is 5.97 Å². The molecule has 1 saturated heterocycles. The average molecular weight is 327 g/mol. The van der Waals surface area contributed by atoms with E-state index in [-0.39, 0.29) is 17.8 Å². The number of hydrogen-bond acceptors (Lipinski definition) is 2. The number of carboxylic acid groups (broad SMARTS) is 1. The minimum Gasteiger partial charge on any atom is -0.481 e. The van der Waals surface area contributed by atoms with E-state index < -0.39 is 5.97 Å². The van der Waals surface area contributed by atoms with Crippen LogP contribution >= 0.6 is 0 Å². The molecule has 1 aliphatic heterocycles. The van der Waals surface area contributed by atoms with Crippen molar-refractivity contribution in [3.05, 3.63) is 71.0 Å². The molecule has 24 heavy (non-hydrogen) atoms. The molecule has 0 aliphatic carbocycles. The predicted octanol–water partition coefficient (Wildman–Crippen LogP) is 4.02. The molecule has 0 aromatic heterocycles. The number of carbonyl (C=O) groups is 1. The largest absolute Gasteiger partial charge is 0.481 e. The third kappa shape index (κ3) is 3.65. The van der Waals surface area contributed by atoms with Crippen molar-refractivity contribution in [1.82, 2.24) is 4.90 Å². The van der Waals surface area contributed by atoms with Crippen molar-refractivity contribution in [1.29, 1.82) is 0 Å². The molecule has 126 valence electrons. The highest BCUT2D eigenvalue weighted by atomic mass is 19.1. The van der Waals surface area contributed by atoms with E-state index in [1.807, 2.05) is 6.92 Å². The van der Waals surface area contributed by atoms with Crippen molar-refractivity contribution in [2.75, 3.05) is 13.1 Å². The molecule has 1 N–H and O–H groups in total. The molecule has 1 aliphatic rings. The number of piperidine rings is 1. The van der Waals surface area contributed by atoms with E-state index in [4.69, 9.17) is 0 Å². The zero-order valence-electron chi connectivity index (χ0n) is 13.8. The Bertz CT molecular complexity index is 651. The second-order valence-corrected chi connectivity index (χ2v) is 6.54. The van der Waals surface area contributed by atoms with Crippen LogP contribution < -0.4 is 0 Å². The first kappa shape index (κ1) is 16.7. The number of nitrogens with zero attached hydrogens (tertiary/aromatic N) is 1. The maximum Gasteiger partial charge on any atom is 0.307 e. The molecule has 0 spiro atoms. The molecule has 2 aromatic carbocycles. The number of rotatable bonds is 4. The van der Waals surface area contributed by atoms with Gasteiger partial charge in [-0.15, -0.1) is 0 Å². The van der Waals surface area contributed by atoms with Gasteiger partial charge in [0.15, 0.2) is 0 Å². The summed E-state index contributed by atoms with van der Waals surface area (Å²) in [5.41, 5.74) is 3.28. The summed E-state index contributed by atoms with van der Waals surface area (Å²) in [7, 11) is 0. The van der Waals surface area contributed by atoms with Gasteiger partial charge in [0.2, 0.25) is 0 Å². The van der Waals surface area contributed by atoms with E-state index in [2.05, 4.69) is 29.2 Å². The number of halogens is 1. The summed E-state index contributed by atoms with van der Waals surface area (Å²) < 4.78 is 13.3. The molecule has 3 nitrogen and oxygen atoms in total. The van der Waals surface area contributed by atoms with Crippen molar-refractivity contribution >= 4 is 5.97 Å². The van der Waals surface area contributed by atoms with Crippen LogP contribution in [0.1, 0.15) is 35.6 Å². The van der Waals surface area contributed by atoms with E-state index in [9.17, 15) is 14.3 Å². The van der Waals surface area contributed by atoms with Crippen LogP contribution in [-0.2, 0) is 4.79 Å². The average Bonchev–Trinajstić information content (AvgIpc) is 2.59. The minimum atomic E-state index is -0.735.